The van der Waals surface area contributed by atoms with Crippen LogP contribution in [0.25, 0.3) is 0 Å². The number of nitrogens with zero attached hydrogens (tertiary/aromatic N) is 2. The monoisotopic (exact) mass is 592 g/mol. The van der Waals surface area contributed by atoms with Crippen molar-refractivity contribution in [2.24, 2.45) is 17.8 Å². The van der Waals surface area contributed by atoms with Gasteiger partial charge in [0.25, 0.3) is 0 Å². The molecule has 1 aliphatic heterocycles. The van der Waals surface area contributed by atoms with Crippen molar-refractivity contribution in [2.45, 2.75) is 142 Å². The molecule has 11 nitrogen and oxygen atoms in total. The van der Waals surface area contributed by atoms with E-state index in [0.29, 0.717) is 19.4 Å². The molecule has 41 heavy (non-hydrogen) atoms. The average Bonchev–Trinajstić information content (AvgIpc) is 2.90. The van der Waals surface area contributed by atoms with Crippen molar-refractivity contribution in [3.8, 4) is 0 Å². The zero-order valence-electron chi connectivity index (χ0n) is 27.2. The van der Waals surface area contributed by atoms with Crippen molar-refractivity contribution in [3.05, 3.63) is 0 Å². The summed E-state index contributed by atoms with van der Waals surface area (Å²) in [5, 5.41) is 53.7. The highest BCUT2D eigenvalue weighted by molar-refractivity contribution is 5.72. The summed E-state index contributed by atoms with van der Waals surface area (Å²) in [7, 11) is 5.65. The molecule has 1 aliphatic rings. The van der Waals surface area contributed by atoms with Crippen LogP contribution in [0.1, 0.15) is 81.1 Å². The molecule has 11 heteroatoms. The molecule has 0 bridgehead atoms. The first kappa shape index (κ1) is 38.1. The first-order valence-corrected chi connectivity index (χ1v) is 15.2. The number of hydrogen-bond acceptors (Lipinski definition) is 11. The number of rotatable bonds is 17. The molecule has 1 rings (SSSR count). The van der Waals surface area contributed by atoms with E-state index in [9.17, 15) is 30.3 Å². The second-order valence-corrected chi connectivity index (χ2v) is 12.8. The molecule has 0 aromatic carbocycles. The highest BCUT2D eigenvalue weighted by Gasteiger charge is 2.45. The van der Waals surface area contributed by atoms with Crippen LogP contribution in [0.5, 0.6) is 0 Å². The zero-order chi connectivity index (χ0) is 31.8. The molecule has 13 atom stereocenters. The fraction of sp³-hybridized carbons (Fsp3) is 0.967. The molecular weight excluding hydrogens is 532 g/mol. The van der Waals surface area contributed by atoms with Gasteiger partial charge in [-0.1, -0.05) is 27.7 Å². The van der Waals surface area contributed by atoms with E-state index in [4.69, 9.17) is 14.2 Å². The molecule has 0 aromatic rings. The molecule has 1 saturated heterocycles. The van der Waals surface area contributed by atoms with Crippen LogP contribution in [-0.2, 0) is 19.0 Å². The van der Waals surface area contributed by atoms with Crippen LogP contribution in [-0.4, -0.2) is 130 Å². The van der Waals surface area contributed by atoms with E-state index in [1.807, 2.05) is 51.7 Å². The first-order chi connectivity index (χ1) is 18.9. The van der Waals surface area contributed by atoms with Crippen molar-refractivity contribution < 1.29 is 44.5 Å². The molecule has 5 N–H and O–H groups in total. The molecule has 1 heterocycles. The van der Waals surface area contributed by atoms with Gasteiger partial charge in [-0.15, -0.1) is 0 Å². The summed E-state index contributed by atoms with van der Waals surface area (Å²) in [6.07, 6.45) is -4.50. The molecule has 0 amide bonds. The highest BCUT2D eigenvalue weighted by Crippen LogP contribution is 2.34. The number of esters is 1. The van der Waals surface area contributed by atoms with Crippen LogP contribution >= 0.6 is 0 Å². The molecule has 0 aliphatic carbocycles. The van der Waals surface area contributed by atoms with Gasteiger partial charge in [-0.25, -0.2) is 0 Å². The molecule has 0 spiro atoms. The van der Waals surface area contributed by atoms with Crippen LogP contribution in [0.15, 0.2) is 0 Å². The van der Waals surface area contributed by atoms with Crippen molar-refractivity contribution in [2.75, 3.05) is 27.7 Å². The van der Waals surface area contributed by atoms with E-state index >= 15 is 0 Å². The summed E-state index contributed by atoms with van der Waals surface area (Å²) >= 11 is 0. The maximum absolute atomic E-state index is 13.0. The van der Waals surface area contributed by atoms with E-state index in [-0.39, 0.29) is 30.8 Å². The smallest absolute Gasteiger partial charge is 0.313 e. The van der Waals surface area contributed by atoms with E-state index in [1.54, 1.807) is 34.6 Å². The summed E-state index contributed by atoms with van der Waals surface area (Å²) in [6, 6.07) is -0.301. The number of ether oxygens (including phenoxy) is 3. The van der Waals surface area contributed by atoms with Gasteiger partial charge in [0.05, 0.1) is 42.0 Å². The lowest BCUT2D eigenvalue weighted by Gasteiger charge is -2.44. The fourth-order valence-electron chi connectivity index (χ4n) is 5.89. The number of hydrogen-bond donors (Lipinski definition) is 5. The molecule has 3 unspecified atom stereocenters. The van der Waals surface area contributed by atoms with Gasteiger partial charge in [0.1, 0.15) is 0 Å². The Bertz CT molecular complexity index is 770. The van der Waals surface area contributed by atoms with Crippen LogP contribution in [0.3, 0.4) is 0 Å². The van der Waals surface area contributed by atoms with E-state index < -0.39 is 66.5 Å². The SMILES string of the molecule is CC[C@H](O)OC(=O)[C@H](C)[C@@H](O[C@H]1CC(N(C)C)[C@H](O)C(C)O1)[C@H](C)[C@@H](O)C(C)(O)C[C@@H](C)CN(C)[C@H](C)[C@@H](O)CC. The number of aliphatic hydroxyl groups is 5. The van der Waals surface area contributed by atoms with Crippen LogP contribution in [0, 0.1) is 17.8 Å². The Kier molecular flexibility index (Phi) is 15.6. The van der Waals surface area contributed by atoms with Gasteiger partial charge < -0.3 is 49.5 Å². The van der Waals surface area contributed by atoms with E-state index in [1.165, 1.54) is 0 Å². The Morgan fingerprint density at radius 3 is 2.17 bits per heavy atom. The molecule has 1 fully saturated rings. The topological polar surface area (TPSA) is 152 Å². The fourth-order valence-corrected chi connectivity index (χ4v) is 5.89. The Morgan fingerprint density at radius 1 is 1.07 bits per heavy atom. The van der Waals surface area contributed by atoms with E-state index in [2.05, 4.69) is 0 Å². The minimum atomic E-state index is -1.52. The first-order valence-electron chi connectivity index (χ1n) is 15.2. The summed E-state index contributed by atoms with van der Waals surface area (Å²) in [5.41, 5.74) is -1.52. The number of likely N-dealkylation sites (N-methyl/N-ethyl adjacent to an activating group) is 2. The van der Waals surface area contributed by atoms with E-state index in [0.717, 1.165) is 0 Å². The van der Waals surface area contributed by atoms with Gasteiger partial charge in [-0.2, -0.15) is 0 Å². The van der Waals surface area contributed by atoms with Crippen molar-refractivity contribution >= 4 is 5.97 Å². The molecule has 244 valence electrons. The number of carbonyl (C=O) groups excluding carboxylic acids is 1. The Labute approximate surface area is 247 Å². The minimum Gasteiger partial charge on any atom is -0.436 e. The summed E-state index contributed by atoms with van der Waals surface area (Å²) in [6.45, 7) is 14.8. The van der Waals surface area contributed by atoms with Crippen molar-refractivity contribution in [1.82, 2.24) is 9.80 Å². The zero-order valence-corrected chi connectivity index (χ0v) is 27.2. The van der Waals surface area contributed by atoms with Crippen LogP contribution in [0.2, 0.25) is 0 Å². The van der Waals surface area contributed by atoms with Gasteiger partial charge in [-0.05, 0) is 67.6 Å². The largest absolute Gasteiger partial charge is 0.436 e. The Morgan fingerprint density at radius 2 is 1.66 bits per heavy atom. The third-order valence-corrected chi connectivity index (χ3v) is 8.80. The third-order valence-electron chi connectivity index (χ3n) is 8.80. The molecule has 0 radical (unpaired) electrons. The molecule has 0 saturated carbocycles. The van der Waals surface area contributed by atoms with Gasteiger partial charge in [0.15, 0.2) is 12.6 Å². The van der Waals surface area contributed by atoms with Crippen molar-refractivity contribution in [1.29, 1.82) is 0 Å². The standard InChI is InChI=1S/C30H60N2O9/c1-12-23(33)20(6)32(11)16-17(3)15-30(8,38)28(36)18(4)27(19(5)29(37)40-24(34)13-2)41-25-14-22(31(9)10)26(35)21(7)39-25/h17-28,33-36,38H,12-16H2,1-11H3/t17-,18+,19-,20-,21?,22?,23+,24-,25+,26-,27+,28-,30?/m1/s1. The Balaban J connectivity index is 3.15. The molecular formula is C30H60N2O9. The number of aliphatic hydroxyl groups excluding tert-OH is 4. The maximum atomic E-state index is 13.0. The van der Waals surface area contributed by atoms with Gasteiger partial charge >= 0.3 is 5.97 Å². The van der Waals surface area contributed by atoms with Gasteiger partial charge in [-0.3, -0.25) is 4.79 Å². The second kappa shape index (κ2) is 16.8. The minimum absolute atomic E-state index is 0.0188. The lowest BCUT2D eigenvalue weighted by atomic mass is 9.78. The maximum Gasteiger partial charge on any atom is 0.313 e. The van der Waals surface area contributed by atoms with Crippen molar-refractivity contribution in [3.63, 3.8) is 0 Å². The summed E-state index contributed by atoms with van der Waals surface area (Å²) < 4.78 is 17.5. The van der Waals surface area contributed by atoms with Crippen LogP contribution < -0.4 is 0 Å². The lowest BCUT2D eigenvalue weighted by Crippen LogP contribution is -2.56. The predicted octanol–water partition coefficient (Wildman–Crippen LogP) is 1.57. The normalized spacial score (nSPS) is 29.2. The van der Waals surface area contributed by atoms with Crippen LogP contribution in [0.4, 0.5) is 0 Å². The predicted molar refractivity (Wildman–Crippen MR) is 157 cm³/mol. The number of carbonyl (C=O) groups is 1. The average molecular weight is 593 g/mol. The highest BCUT2D eigenvalue weighted by atomic mass is 16.7. The summed E-state index contributed by atoms with van der Waals surface area (Å²) in [5.74, 6) is -2.34. The molecule has 0 aromatic heterocycles. The summed E-state index contributed by atoms with van der Waals surface area (Å²) in [4.78, 5) is 16.9. The quantitative estimate of drug-likeness (QED) is 0.124. The van der Waals surface area contributed by atoms with Gasteiger partial charge in [0, 0.05) is 37.4 Å². The third kappa shape index (κ3) is 11.0. The second-order valence-electron chi connectivity index (χ2n) is 12.8. The lowest BCUT2D eigenvalue weighted by molar-refractivity contribution is -0.269. The Hall–Kier alpha value is -0.890. The van der Waals surface area contributed by atoms with Gasteiger partial charge in [0.2, 0.25) is 0 Å².